The largest absolute Gasteiger partial charge is 0.350 e. The van der Waals surface area contributed by atoms with Gasteiger partial charge < -0.3 is 15.5 Å². The van der Waals surface area contributed by atoms with Crippen molar-refractivity contribution in [1.29, 1.82) is 0 Å². The molecule has 2 amide bonds. The Hall–Kier alpha value is -4.20. The van der Waals surface area contributed by atoms with E-state index in [0.29, 0.717) is 24.5 Å². The van der Waals surface area contributed by atoms with Crippen molar-refractivity contribution in [3.05, 3.63) is 94.0 Å². The summed E-state index contributed by atoms with van der Waals surface area (Å²) in [6.45, 7) is 4.27. The maximum absolute atomic E-state index is 12.9. The first-order chi connectivity index (χ1) is 15.4. The first kappa shape index (κ1) is 22.5. The number of hydrogen-bond acceptors (Lipinski definition) is 5. The lowest BCUT2D eigenvalue weighted by molar-refractivity contribution is -0.383. The van der Waals surface area contributed by atoms with Gasteiger partial charge >= 0.3 is 0 Å². The third-order valence-corrected chi connectivity index (χ3v) is 4.96. The van der Waals surface area contributed by atoms with Crippen LogP contribution in [0.3, 0.4) is 0 Å². The first-order valence-corrected chi connectivity index (χ1v) is 10.1. The van der Waals surface area contributed by atoms with Crippen LogP contribution in [0.2, 0.25) is 0 Å². The average Bonchev–Trinajstić information content (AvgIpc) is 2.79. The second-order valence-corrected chi connectivity index (χ2v) is 7.12. The molecular weight excluding hydrogens is 408 g/mol. The number of anilines is 3. The Bertz CT molecular complexity index is 1130. The van der Waals surface area contributed by atoms with Gasteiger partial charge in [-0.3, -0.25) is 19.7 Å². The first-order valence-electron chi connectivity index (χ1n) is 10.1. The number of para-hydroxylation sites is 2. The summed E-state index contributed by atoms with van der Waals surface area (Å²) in [4.78, 5) is 37.4. The number of amides is 2. The van der Waals surface area contributed by atoms with Crippen molar-refractivity contribution in [2.45, 2.75) is 20.4 Å². The van der Waals surface area contributed by atoms with Gasteiger partial charge in [0, 0.05) is 43.0 Å². The van der Waals surface area contributed by atoms with Crippen LogP contribution in [0.15, 0.2) is 72.8 Å². The summed E-state index contributed by atoms with van der Waals surface area (Å²) >= 11 is 0. The fourth-order valence-electron chi connectivity index (χ4n) is 3.23. The van der Waals surface area contributed by atoms with Gasteiger partial charge in [0.15, 0.2) is 0 Å². The molecule has 3 aromatic rings. The van der Waals surface area contributed by atoms with Crippen molar-refractivity contribution >= 4 is 34.6 Å². The lowest BCUT2D eigenvalue weighted by Crippen LogP contribution is -2.28. The second kappa shape index (κ2) is 10.2. The second-order valence-electron chi connectivity index (χ2n) is 7.12. The highest BCUT2D eigenvalue weighted by Crippen LogP contribution is 2.29. The van der Waals surface area contributed by atoms with Gasteiger partial charge in [-0.25, -0.2) is 0 Å². The van der Waals surface area contributed by atoms with E-state index in [9.17, 15) is 19.7 Å². The molecule has 0 fully saturated rings. The number of nitro groups is 1. The molecule has 0 unspecified atom stereocenters. The summed E-state index contributed by atoms with van der Waals surface area (Å²) in [6, 6.07) is 20.5. The summed E-state index contributed by atoms with van der Waals surface area (Å²) < 4.78 is 0. The molecule has 0 aliphatic carbocycles. The highest BCUT2D eigenvalue weighted by Gasteiger charge is 2.19. The standard InChI is InChI=1S/C24H24N4O4/c1-3-27(17(2)29)16-19-9-7-8-12-21(19)26-24(30)18-13-14-22(23(15-18)28(31)32)25-20-10-5-4-6-11-20/h4-15,25H,3,16H2,1-2H3,(H,26,30). The fraction of sp³-hybridized carbons (Fsp3) is 0.167. The fourth-order valence-corrected chi connectivity index (χ4v) is 3.23. The van der Waals surface area contributed by atoms with Gasteiger partial charge in [-0.15, -0.1) is 0 Å². The molecular formula is C24H24N4O4. The van der Waals surface area contributed by atoms with Crippen molar-refractivity contribution < 1.29 is 14.5 Å². The normalized spacial score (nSPS) is 10.3. The van der Waals surface area contributed by atoms with E-state index < -0.39 is 10.8 Å². The van der Waals surface area contributed by atoms with Crippen LogP contribution in [-0.4, -0.2) is 28.2 Å². The summed E-state index contributed by atoms with van der Waals surface area (Å²) in [5, 5.41) is 17.4. The number of nitrogens with zero attached hydrogens (tertiary/aromatic N) is 2. The van der Waals surface area contributed by atoms with Gasteiger partial charge in [0.05, 0.1) is 4.92 Å². The van der Waals surface area contributed by atoms with E-state index in [4.69, 9.17) is 0 Å². The predicted octanol–water partition coefficient (Wildman–Crippen LogP) is 4.96. The van der Waals surface area contributed by atoms with Crippen molar-refractivity contribution in [3.8, 4) is 0 Å². The van der Waals surface area contributed by atoms with Crippen LogP contribution in [0.25, 0.3) is 0 Å². The number of nitrogens with one attached hydrogen (secondary N) is 2. The molecule has 0 heterocycles. The zero-order chi connectivity index (χ0) is 23.1. The van der Waals surface area contributed by atoms with E-state index >= 15 is 0 Å². The molecule has 0 saturated heterocycles. The molecule has 3 rings (SSSR count). The maximum Gasteiger partial charge on any atom is 0.293 e. The molecule has 0 aromatic heterocycles. The Morgan fingerprint density at radius 1 is 0.969 bits per heavy atom. The van der Waals surface area contributed by atoms with Crippen LogP contribution in [0.5, 0.6) is 0 Å². The Morgan fingerprint density at radius 2 is 1.66 bits per heavy atom. The molecule has 0 spiro atoms. The molecule has 0 atom stereocenters. The monoisotopic (exact) mass is 432 g/mol. The number of carbonyl (C=O) groups is 2. The van der Waals surface area contributed by atoms with Crippen LogP contribution in [0.1, 0.15) is 29.8 Å². The van der Waals surface area contributed by atoms with E-state index in [2.05, 4.69) is 10.6 Å². The van der Waals surface area contributed by atoms with Gasteiger partial charge in [-0.1, -0.05) is 36.4 Å². The molecule has 8 nitrogen and oxygen atoms in total. The third-order valence-electron chi connectivity index (χ3n) is 4.96. The van der Waals surface area contributed by atoms with Crippen LogP contribution in [-0.2, 0) is 11.3 Å². The van der Waals surface area contributed by atoms with Crippen molar-refractivity contribution in [2.24, 2.45) is 0 Å². The summed E-state index contributed by atoms with van der Waals surface area (Å²) in [7, 11) is 0. The molecule has 3 aromatic carbocycles. The number of carbonyl (C=O) groups excluding carboxylic acids is 2. The number of nitro benzene ring substituents is 1. The van der Waals surface area contributed by atoms with Gasteiger partial charge in [0.2, 0.25) is 5.91 Å². The SMILES string of the molecule is CCN(Cc1ccccc1NC(=O)c1ccc(Nc2ccccc2)c([N+](=O)[O-])c1)C(C)=O. The van der Waals surface area contributed by atoms with E-state index in [1.807, 2.05) is 37.3 Å². The summed E-state index contributed by atoms with van der Waals surface area (Å²) in [5.41, 5.74) is 2.26. The Labute approximate surface area is 186 Å². The quantitative estimate of drug-likeness (QED) is 0.387. The van der Waals surface area contributed by atoms with Gasteiger partial charge in [-0.2, -0.15) is 0 Å². The predicted molar refractivity (Wildman–Crippen MR) is 124 cm³/mol. The highest BCUT2D eigenvalue weighted by atomic mass is 16.6. The minimum absolute atomic E-state index is 0.0641. The number of rotatable bonds is 8. The Kier molecular flexibility index (Phi) is 7.17. The molecule has 0 aliphatic rings. The Balaban J connectivity index is 1.84. The molecule has 2 N–H and O–H groups in total. The molecule has 0 bridgehead atoms. The van der Waals surface area contributed by atoms with Gasteiger partial charge in [0.1, 0.15) is 5.69 Å². The number of hydrogen-bond donors (Lipinski definition) is 2. The van der Waals surface area contributed by atoms with Crippen LogP contribution in [0.4, 0.5) is 22.7 Å². The topological polar surface area (TPSA) is 105 Å². The van der Waals surface area contributed by atoms with Crippen molar-refractivity contribution in [3.63, 3.8) is 0 Å². The van der Waals surface area contributed by atoms with E-state index in [0.717, 1.165) is 5.56 Å². The number of benzene rings is 3. The zero-order valence-electron chi connectivity index (χ0n) is 17.9. The minimum atomic E-state index is -0.526. The summed E-state index contributed by atoms with van der Waals surface area (Å²) in [6.07, 6.45) is 0. The van der Waals surface area contributed by atoms with Crippen molar-refractivity contribution in [2.75, 3.05) is 17.2 Å². The lowest BCUT2D eigenvalue weighted by atomic mass is 10.1. The summed E-state index contributed by atoms with van der Waals surface area (Å²) in [5.74, 6) is -0.538. The maximum atomic E-state index is 12.9. The van der Waals surface area contributed by atoms with Gasteiger partial charge in [0.25, 0.3) is 11.6 Å². The molecule has 164 valence electrons. The molecule has 0 saturated carbocycles. The zero-order valence-corrected chi connectivity index (χ0v) is 17.9. The van der Waals surface area contributed by atoms with Crippen molar-refractivity contribution in [1.82, 2.24) is 4.90 Å². The Morgan fingerprint density at radius 3 is 2.31 bits per heavy atom. The van der Waals surface area contributed by atoms with Crippen LogP contribution >= 0.6 is 0 Å². The molecule has 32 heavy (non-hydrogen) atoms. The average molecular weight is 432 g/mol. The van der Waals surface area contributed by atoms with Gasteiger partial charge in [-0.05, 0) is 42.8 Å². The van der Waals surface area contributed by atoms with E-state index in [-0.39, 0.29) is 22.8 Å². The molecule has 0 aliphatic heterocycles. The molecule has 0 radical (unpaired) electrons. The van der Waals surface area contributed by atoms with Crippen LogP contribution in [0, 0.1) is 10.1 Å². The van der Waals surface area contributed by atoms with E-state index in [1.54, 1.807) is 29.2 Å². The molecule has 8 heteroatoms. The van der Waals surface area contributed by atoms with Crippen LogP contribution < -0.4 is 10.6 Å². The highest BCUT2D eigenvalue weighted by molar-refractivity contribution is 6.05. The minimum Gasteiger partial charge on any atom is -0.350 e. The lowest BCUT2D eigenvalue weighted by Gasteiger charge is -2.21. The van der Waals surface area contributed by atoms with E-state index in [1.165, 1.54) is 25.1 Å². The smallest absolute Gasteiger partial charge is 0.293 e. The third kappa shape index (κ3) is 5.48.